The summed E-state index contributed by atoms with van der Waals surface area (Å²) in [6.45, 7) is 0. The first kappa shape index (κ1) is 19.6. The van der Waals surface area contributed by atoms with E-state index in [-0.39, 0.29) is 23.6 Å². The first-order valence-corrected chi connectivity index (χ1v) is 9.82. The third-order valence-corrected chi connectivity index (χ3v) is 6.75. The van der Waals surface area contributed by atoms with Crippen molar-refractivity contribution < 1.29 is 26.4 Å². The number of nitrogens with zero attached hydrogens (tertiary/aromatic N) is 1. The van der Waals surface area contributed by atoms with E-state index < -0.39 is 32.7 Å². The van der Waals surface area contributed by atoms with Gasteiger partial charge in [-0.25, -0.2) is 8.42 Å². The lowest BCUT2D eigenvalue weighted by Crippen LogP contribution is -2.42. The highest BCUT2D eigenvalue weighted by molar-refractivity contribution is 7.92. The number of carbonyl (C=O) groups is 1. The van der Waals surface area contributed by atoms with Crippen molar-refractivity contribution in [2.75, 3.05) is 5.32 Å². The van der Waals surface area contributed by atoms with Crippen LogP contribution >= 0.6 is 11.6 Å². The van der Waals surface area contributed by atoms with Gasteiger partial charge in [-0.3, -0.25) is 9.78 Å². The third kappa shape index (κ3) is 4.24. The molecule has 1 fully saturated rings. The second kappa shape index (κ2) is 7.12. The van der Waals surface area contributed by atoms with Gasteiger partial charge in [0.1, 0.15) is 0 Å². The molecule has 27 heavy (non-hydrogen) atoms. The average molecular weight is 419 g/mol. The Morgan fingerprint density at radius 2 is 1.89 bits per heavy atom. The number of sulfone groups is 1. The predicted octanol–water partition coefficient (Wildman–Crippen LogP) is 3.94. The lowest BCUT2D eigenvalue weighted by atomic mass is 9.84. The van der Waals surface area contributed by atoms with Crippen molar-refractivity contribution in [2.45, 2.75) is 29.2 Å². The van der Waals surface area contributed by atoms with E-state index in [9.17, 15) is 26.4 Å². The molecule has 0 bridgehead atoms. The molecule has 3 rings (SSSR count). The zero-order valence-electron chi connectivity index (χ0n) is 13.7. The minimum Gasteiger partial charge on any atom is -0.324 e. The van der Waals surface area contributed by atoms with Crippen LogP contribution in [0.4, 0.5) is 18.9 Å². The zero-order valence-corrected chi connectivity index (χ0v) is 15.3. The molecule has 1 aromatic heterocycles. The number of nitrogens with one attached hydrogen (secondary N) is 1. The fraction of sp³-hybridized carbons (Fsp3) is 0.294. The molecule has 0 spiro atoms. The van der Waals surface area contributed by atoms with Gasteiger partial charge in [-0.15, -0.1) is 0 Å². The molecule has 1 aliphatic rings. The van der Waals surface area contributed by atoms with Crippen LogP contribution in [-0.4, -0.2) is 24.6 Å². The lowest BCUT2D eigenvalue weighted by molar-refractivity contribution is -0.137. The van der Waals surface area contributed by atoms with Crippen LogP contribution in [0.3, 0.4) is 0 Å². The molecule has 1 aliphatic carbocycles. The summed E-state index contributed by atoms with van der Waals surface area (Å²) in [6, 6.07) is 5.14. The van der Waals surface area contributed by atoms with Gasteiger partial charge in [0, 0.05) is 12.1 Å². The largest absolute Gasteiger partial charge is 0.416 e. The summed E-state index contributed by atoms with van der Waals surface area (Å²) in [5, 5.41) is 2.04. The average Bonchev–Trinajstić information content (AvgIpc) is 2.52. The smallest absolute Gasteiger partial charge is 0.324 e. The van der Waals surface area contributed by atoms with E-state index in [1.54, 1.807) is 0 Å². The van der Waals surface area contributed by atoms with Gasteiger partial charge in [-0.2, -0.15) is 13.2 Å². The van der Waals surface area contributed by atoms with Crippen molar-refractivity contribution in [3.8, 4) is 0 Å². The molecule has 5 nitrogen and oxygen atoms in total. The Kier molecular flexibility index (Phi) is 5.18. The fourth-order valence-corrected chi connectivity index (χ4v) is 4.89. The second-order valence-corrected chi connectivity index (χ2v) is 8.91. The Hall–Kier alpha value is -2.13. The molecular formula is C17H14ClF3N2O3S. The molecule has 0 radical (unpaired) electrons. The summed E-state index contributed by atoms with van der Waals surface area (Å²) in [5.74, 6) is -0.927. The molecule has 2 aromatic rings. The van der Waals surface area contributed by atoms with E-state index in [1.807, 2.05) is 0 Å². The fourth-order valence-electron chi connectivity index (χ4n) is 2.80. The highest BCUT2D eigenvalue weighted by Gasteiger charge is 2.43. The summed E-state index contributed by atoms with van der Waals surface area (Å²) >= 11 is 5.78. The van der Waals surface area contributed by atoms with Crippen LogP contribution in [0.1, 0.15) is 18.4 Å². The normalized spacial score (nSPS) is 20.0. The Morgan fingerprint density at radius 1 is 1.19 bits per heavy atom. The number of halogens is 4. The van der Waals surface area contributed by atoms with Crippen LogP contribution in [0.2, 0.25) is 5.02 Å². The van der Waals surface area contributed by atoms with E-state index in [0.29, 0.717) is 16.8 Å². The molecule has 0 aliphatic heterocycles. The third-order valence-electron chi connectivity index (χ3n) is 4.37. The molecule has 1 saturated carbocycles. The van der Waals surface area contributed by atoms with Gasteiger partial charge in [0.05, 0.1) is 32.6 Å². The molecular weight excluding hydrogens is 405 g/mol. The number of carbonyl (C=O) groups excluding carboxylic acids is 1. The molecule has 0 unspecified atom stereocenters. The van der Waals surface area contributed by atoms with Crippen molar-refractivity contribution in [1.29, 1.82) is 0 Å². The summed E-state index contributed by atoms with van der Waals surface area (Å²) in [6.07, 6.45) is -1.74. The van der Waals surface area contributed by atoms with Crippen molar-refractivity contribution in [2.24, 2.45) is 5.92 Å². The van der Waals surface area contributed by atoms with Crippen LogP contribution in [0, 0.1) is 5.92 Å². The minimum absolute atomic E-state index is 0.0401. The molecule has 0 atom stereocenters. The van der Waals surface area contributed by atoms with Gasteiger partial charge in [0.2, 0.25) is 5.91 Å². The molecule has 1 heterocycles. The summed E-state index contributed by atoms with van der Waals surface area (Å²) in [5.41, 5.74) is -0.637. The number of pyridine rings is 1. The molecule has 0 saturated heterocycles. The number of rotatable bonds is 4. The monoisotopic (exact) mass is 418 g/mol. The van der Waals surface area contributed by atoms with Crippen molar-refractivity contribution in [3.05, 3.63) is 53.3 Å². The number of hydrogen-bond donors (Lipinski definition) is 1. The lowest BCUT2D eigenvalue weighted by Gasteiger charge is -2.33. The number of aromatic nitrogens is 1. The van der Waals surface area contributed by atoms with Gasteiger partial charge in [0.25, 0.3) is 0 Å². The number of amides is 1. The van der Waals surface area contributed by atoms with Gasteiger partial charge in [-0.1, -0.05) is 17.7 Å². The maximum Gasteiger partial charge on any atom is 0.416 e. The van der Waals surface area contributed by atoms with Crippen LogP contribution < -0.4 is 5.32 Å². The van der Waals surface area contributed by atoms with Crippen LogP contribution in [-0.2, 0) is 20.8 Å². The van der Waals surface area contributed by atoms with Gasteiger partial charge >= 0.3 is 6.18 Å². The Balaban J connectivity index is 1.67. The number of anilines is 1. The Morgan fingerprint density at radius 3 is 2.52 bits per heavy atom. The summed E-state index contributed by atoms with van der Waals surface area (Å²) < 4.78 is 63.5. The van der Waals surface area contributed by atoms with E-state index in [2.05, 4.69) is 10.3 Å². The van der Waals surface area contributed by atoms with Crippen molar-refractivity contribution >= 4 is 33.0 Å². The van der Waals surface area contributed by atoms with Gasteiger partial charge in [-0.05, 0) is 37.1 Å². The predicted molar refractivity (Wildman–Crippen MR) is 93.0 cm³/mol. The highest BCUT2D eigenvalue weighted by atomic mass is 35.5. The first-order valence-electron chi connectivity index (χ1n) is 7.90. The van der Waals surface area contributed by atoms with Crippen LogP contribution in [0.15, 0.2) is 47.6 Å². The molecule has 10 heteroatoms. The summed E-state index contributed by atoms with van der Waals surface area (Å²) in [7, 11) is -3.94. The van der Waals surface area contributed by atoms with E-state index >= 15 is 0 Å². The molecule has 144 valence electrons. The van der Waals surface area contributed by atoms with E-state index in [1.165, 1.54) is 18.5 Å². The quantitative estimate of drug-likeness (QED) is 0.815. The number of hydrogen-bond acceptors (Lipinski definition) is 4. The topological polar surface area (TPSA) is 76.1 Å². The zero-order chi connectivity index (χ0) is 19.8. The molecule has 1 N–H and O–H groups in total. The van der Waals surface area contributed by atoms with Crippen LogP contribution in [0.25, 0.3) is 0 Å². The van der Waals surface area contributed by atoms with Crippen molar-refractivity contribution in [3.63, 3.8) is 0 Å². The maximum atomic E-state index is 12.8. The van der Waals surface area contributed by atoms with E-state index in [0.717, 1.165) is 18.2 Å². The van der Waals surface area contributed by atoms with Crippen LogP contribution in [0.5, 0.6) is 0 Å². The molecule has 1 amide bonds. The Bertz CT molecular complexity index is 973. The van der Waals surface area contributed by atoms with Gasteiger partial charge in [0.15, 0.2) is 9.84 Å². The second-order valence-electron chi connectivity index (χ2n) is 6.24. The minimum atomic E-state index is -4.63. The standard InChI is InChI=1S/C17H14ClF3N2O3S/c18-12-7-13(9-22-8-12)23-16(24)10-4-15(5-10)27(25,26)14-3-1-2-11(6-14)17(19,20)21/h1-3,6-10,15H,4-5H2,(H,23,24)/t10-,15+. The van der Waals surface area contributed by atoms with Gasteiger partial charge < -0.3 is 5.32 Å². The number of benzene rings is 1. The molecule has 1 aromatic carbocycles. The Labute approximate surface area is 158 Å². The highest BCUT2D eigenvalue weighted by Crippen LogP contribution is 2.38. The van der Waals surface area contributed by atoms with Crippen molar-refractivity contribution in [1.82, 2.24) is 4.98 Å². The maximum absolute atomic E-state index is 12.8. The van der Waals surface area contributed by atoms with E-state index in [4.69, 9.17) is 11.6 Å². The summed E-state index contributed by atoms with van der Waals surface area (Å²) in [4.78, 5) is 15.6. The first-order chi connectivity index (χ1) is 12.6. The number of alkyl halides is 3. The SMILES string of the molecule is O=C(Nc1cncc(Cl)c1)[C@H]1C[C@@H](S(=O)(=O)c2cccc(C(F)(F)F)c2)C1.